The molecule has 0 saturated heterocycles. The summed E-state index contributed by atoms with van der Waals surface area (Å²) in [6.07, 6.45) is 12.7. The molecule has 1 aromatic carbocycles. The number of rotatable bonds is 17. The molecule has 2 aromatic rings. The van der Waals surface area contributed by atoms with Crippen molar-refractivity contribution >= 4 is 17.3 Å². The number of carbonyl (C=O) groups is 1. The van der Waals surface area contributed by atoms with Crippen molar-refractivity contribution < 1.29 is 4.79 Å². The largest absolute Gasteiger partial charge is 0.320 e. The minimum absolute atomic E-state index is 0.160. The van der Waals surface area contributed by atoms with E-state index >= 15 is 0 Å². The lowest BCUT2D eigenvalue weighted by molar-refractivity contribution is -0.110. The fourth-order valence-corrected chi connectivity index (χ4v) is 4.43. The van der Waals surface area contributed by atoms with Crippen molar-refractivity contribution in [2.45, 2.75) is 117 Å². The first-order valence-electron chi connectivity index (χ1n) is 14.2. The molecule has 0 atom stereocenters. The Balaban J connectivity index is 2.00. The first-order chi connectivity index (χ1) is 17.7. The summed E-state index contributed by atoms with van der Waals surface area (Å²) in [7, 11) is 3.56. The maximum absolute atomic E-state index is 13.5. The van der Waals surface area contributed by atoms with Crippen LogP contribution in [0.3, 0.4) is 0 Å². The minimum Gasteiger partial charge on any atom is -0.320 e. The Labute approximate surface area is 224 Å². The van der Waals surface area contributed by atoms with Gasteiger partial charge >= 0.3 is 0 Å². The summed E-state index contributed by atoms with van der Waals surface area (Å²) in [5.74, 6) is 0.445. The van der Waals surface area contributed by atoms with Gasteiger partial charge in [-0.05, 0) is 34.6 Å². The number of tetrazole rings is 1. The second-order valence-electron chi connectivity index (χ2n) is 10.8. The van der Waals surface area contributed by atoms with Crippen molar-refractivity contribution in [3.8, 4) is 0 Å². The number of amides is 1. The average molecular weight is 512 g/mol. The number of aromatic nitrogens is 4. The fraction of sp³-hybridized carbons (Fsp3) is 0.690. The Morgan fingerprint density at radius 2 is 1.46 bits per heavy atom. The summed E-state index contributed by atoms with van der Waals surface area (Å²) in [6, 6.07) is 6.18. The quantitative estimate of drug-likeness (QED) is 0.144. The molecule has 1 amide bonds. The van der Waals surface area contributed by atoms with Crippen LogP contribution in [0.4, 0.5) is 5.69 Å². The van der Waals surface area contributed by atoms with Gasteiger partial charge in [0.15, 0.2) is 5.71 Å². The summed E-state index contributed by atoms with van der Waals surface area (Å²) in [4.78, 5) is 15.0. The van der Waals surface area contributed by atoms with Gasteiger partial charge < -0.3 is 10.3 Å². The summed E-state index contributed by atoms with van der Waals surface area (Å²) in [5, 5.41) is 22.0. The van der Waals surface area contributed by atoms with E-state index < -0.39 is 0 Å². The molecule has 2 rings (SSSR count). The van der Waals surface area contributed by atoms with Crippen LogP contribution in [0.5, 0.6) is 0 Å². The number of carbonyl (C=O) groups excluding carboxylic acids is 1. The van der Waals surface area contributed by atoms with Crippen LogP contribution in [0.2, 0.25) is 0 Å². The molecule has 1 heterocycles. The Kier molecular flexibility index (Phi) is 13.3. The molecule has 0 bridgehead atoms. The van der Waals surface area contributed by atoms with Crippen LogP contribution in [-0.2, 0) is 11.3 Å². The molecule has 0 radical (unpaired) electrons. The molecule has 0 aliphatic carbocycles. The third-order valence-electron chi connectivity index (χ3n) is 6.50. The van der Waals surface area contributed by atoms with Crippen molar-refractivity contribution in [3.05, 3.63) is 35.2 Å². The molecular formula is C29H49N7O. The lowest BCUT2D eigenvalue weighted by Crippen LogP contribution is -2.28. The second kappa shape index (κ2) is 16.2. The van der Waals surface area contributed by atoms with Crippen LogP contribution in [0, 0.1) is 0 Å². The highest BCUT2D eigenvalue weighted by Gasteiger charge is 2.24. The first-order valence-corrected chi connectivity index (χ1v) is 14.2. The number of hydrogen-bond acceptors (Lipinski definition) is 6. The topological polar surface area (TPSA) is 88.3 Å². The molecule has 0 unspecified atom stereocenters. The molecule has 0 saturated carbocycles. The van der Waals surface area contributed by atoms with E-state index in [4.69, 9.17) is 0 Å². The Morgan fingerprint density at radius 1 is 0.919 bits per heavy atom. The summed E-state index contributed by atoms with van der Waals surface area (Å²) in [5.41, 5.74) is 3.21. The third-order valence-corrected chi connectivity index (χ3v) is 6.50. The molecular weight excluding hydrogens is 462 g/mol. The van der Waals surface area contributed by atoms with Gasteiger partial charge in [-0.2, -0.15) is 9.90 Å². The first kappa shape index (κ1) is 30.5. The molecule has 0 aliphatic heterocycles. The highest BCUT2D eigenvalue weighted by Crippen LogP contribution is 2.32. The van der Waals surface area contributed by atoms with Crippen molar-refractivity contribution in [2.24, 2.45) is 5.10 Å². The predicted molar refractivity (Wildman–Crippen MR) is 153 cm³/mol. The van der Waals surface area contributed by atoms with Crippen LogP contribution >= 0.6 is 0 Å². The lowest BCUT2D eigenvalue weighted by Gasteiger charge is -2.20. The van der Waals surface area contributed by atoms with Gasteiger partial charge in [-0.15, -0.1) is 10.2 Å². The van der Waals surface area contributed by atoms with Gasteiger partial charge in [0.1, 0.15) is 0 Å². The molecule has 1 N–H and O–H groups in total. The van der Waals surface area contributed by atoms with E-state index in [1.165, 1.54) is 51.4 Å². The molecule has 0 fully saturated rings. The van der Waals surface area contributed by atoms with Crippen LogP contribution in [-0.4, -0.2) is 50.9 Å². The van der Waals surface area contributed by atoms with E-state index in [0.29, 0.717) is 6.54 Å². The minimum atomic E-state index is -0.331. The summed E-state index contributed by atoms with van der Waals surface area (Å²) >= 11 is 0. The van der Waals surface area contributed by atoms with E-state index in [0.717, 1.165) is 29.7 Å². The van der Waals surface area contributed by atoms with Crippen LogP contribution < -0.4 is 5.32 Å². The van der Waals surface area contributed by atoms with Gasteiger partial charge in [0.05, 0.1) is 6.54 Å². The zero-order chi connectivity index (χ0) is 27.2. The van der Waals surface area contributed by atoms with Gasteiger partial charge in [-0.3, -0.25) is 4.79 Å². The number of hydrogen-bond donors (Lipinski definition) is 1. The fourth-order valence-electron chi connectivity index (χ4n) is 4.43. The monoisotopic (exact) mass is 511 g/mol. The molecule has 37 heavy (non-hydrogen) atoms. The highest BCUT2D eigenvalue weighted by molar-refractivity contribution is 6.48. The number of unbranched alkanes of at least 4 members (excludes halogenated alkanes) is 9. The zero-order valence-electron chi connectivity index (χ0n) is 24.3. The predicted octanol–water partition coefficient (Wildman–Crippen LogP) is 6.75. The van der Waals surface area contributed by atoms with Crippen molar-refractivity contribution in [2.75, 3.05) is 19.4 Å². The number of nitrogens with zero attached hydrogens (tertiary/aromatic N) is 6. The van der Waals surface area contributed by atoms with E-state index in [9.17, 15) is 4.79 Å². The van der Waals surface area contributed by atoms with E-state index in [1.807, 2.05) is 0 Å². The maximum Gasteiger partial charge on any atom is 0.280 e. The summed E-state index contributed by atoms with van der Waals surface area (Å²) < 4.78 is 0. The molecule has 0 aliphatic rings. The van der Waals surface area contributed by atoms with E-state index in [1.54, 1.807) is 23.9 Å². The van der Waals surface area contributed by atoms with Crippen molar-refractivity contribution in [1.82, 2.24) is 25.2 Å². The standard InChI is InChI=1S/C29H49N7O/c1-8-9-10-11-12-13-14-15-16-17-21-36-33-28(31-34-36)27(32-35(6)7)29(37)30-26-24(22(2)3)19-18-20-25(26)23(4)5/h18-20,22-23H,8-17,21H2,1-7H3,(H,30,37). The smallest absolute Gasteiger partial charge is 0.280 e. The zero-order valence-corrected chi connectivity index (χ0v) is 24.3. The SMILES string of the molecule is CCCCCCCCCCCCn1nnc(C(=NN(C)C)C(=O)Nc2c(C(C)C)cccc2C(C)C)n1. The van der Waals surface area contributed by atoms with E-state index in [-0.39, 0.29) is 29.3 Å². The maximum atomic E-state index is 13.5. The van der Waals surface area contributed by atoms with Crippen molar-refractivity contribution in [3.63, 3.8) is 0 Å². The molecule has 8 heteroatoms. The summed E-state index contributed by atoms with van der Waals surface area (Å²) in [6.45, 7) is 11.5. The number of para-hydroxylation sites is 1. The average Bonchev–Trinajstić information content (AvgIpc) is 3.31. The van der Waals surface area contributed by atoms with Crippen LogP contribution in [0.25, 0.3) is 0 Å². The van der Waals surface area contributed by atoms with Crippen molar-refractivity contribution in [1.29, 1.82) is 0 Å². The molecule has 206 valence electrons. The van der Waals surface area contributed by atoms with Gasteiger partial charge in [0.25, 0.3) is 5.91 Å². The van der Waals surface area contributed by atoms with Gasteiger partial charge in [-0.25, -0.2) is 0 Å². The Hall–Kier alpha value is -2.77. The second-order valence-corrected chi connectivity index (χ2v) is 10.8. The molecule has 8 nitrogen and oxygen atoms in total. The van der Waals surface area contributed by atoms with Crippen LogP contribution in [0.15, 0.2) is 23.3 Å². The normalized spacial score (nSPS) is 12.0. The molecule has 0 spiro atoms. The number of nitrogens with one attached hydrogen (secondary N) is 1. The third kappa shape index (κ3) is 10.3. The van der Waals surface area contributed by atoms with Gasteiger partial charge in [-0.1, -0.05) is 111 Å². The Bertz CT molecular complexity index is 952. The highest BCUT2D eigenvalue weighted by atomic mass is 16.2. The number of benzene rings is 1. The number of aryl methyl sites for hydroxylation is 1. The molecule has 1 aromatic heterocycles. The van der Waals surface area contributed by atoms with Gasteiger partial charge in [0.2, 0.25) is 5.82 Å². The number of anilines is 1. The van der Waals surface area contributed by atoms with Crippen LogP contribution in [0.1, 0.15) is 128 Å². The lowest BCUT2D eigenvalue weighted by atomic mass is 9.92. The number of hydrazone groups is 1. The van der Waals surface area contributed by atoms with Gasteiger partial charge in [0, 0.05) is 19.8 Å². The van der Waals surface area contributed by atoms with E-state index in [2.05, 4.69) is 78.6 Å². The Morgan fingerprint density at radius 3 is 1.97 bits per heavy atom.